The van der Waals surface area contributed by atoms with Gasteiger partial charge in [-0.15, -0.1) is 0 Å². The normalized spacial score (nSPS) is 15.3. The van der Waals surface area contributed by atoms with Gasteiger partial charge in [-0.2, -0.15) is 0 Å². The van der Waals surface area contributed by atoms with Crippen LogP contribution in [0.3, 0.4) is 0 Å². The first-order valence-corrected chi connectivity index (χ1v) is 9.25. The standard InChI is InChI=1S/C21H23N3O3/c1-3-26-20-6-4-5-18(22-20)17-13-15-7-8-16(14-19(15)27-21(17)25)24-11-9-23(2)10-12-24/h4-8,13-14H,3,9-12H2,1-2H3. The largest absolute Gasteiger partial charge is 0.478 e. The van der Waals surface area contributed by atoms with Gasteiger partial charge in [-0.05, 0) is 38.2 Å². The number of pyridine rings is 1. The van der Waals surface area contributed by atoms with Crippen molar-refractivity contribution in [2.24, 2.45) is 0 Å². The molecule has 1 fully saturated rings. The highest BCUT2D eigenvalue weighted by atomic mass is 16.5. The lowest BCUT2D eigenvalue weighted by molar-refractivity contribution is 0.313. The molecule has 1 aliphatic rings. The number of ether oxygens (including phenoxy) is 1. The molecule has 1 saturated heterocycles. The summed E-state index contributed by atoms with van der Waals surface area (Å²) in [5.41, 5.74) is 2.29. The number of piperazine rings is 1. The summed E-state index contributed by atoms with van der Waals surface area (Å²) in [6.07, 6.45) is 0. The van der Waals surface area contributed by atoms with E-state index in [1.807, 2.05) is 31.2 Å². The lowest BCUT2D eigenvalue weighted by atomic mass is 10.1. The van der Waals surface area contributed by atoms with Crippen LogP contribution in [-0.2, 0) is 0 Å². The van der Waals surface area contributed by atoms with Crippen LogP contribution in [0.5, 0.6) is 5.88 Å². The Kier molecular flexibility index (Phi) is 4.81. The minimum atomic E-state index is -0.390. The van der Waals surface area contributed by atoms with Crippen LogP contribution in [0.2, 0.25) is 0 Å². The smallest absolute Gasteiger partial charge is 0.345 e. The fourth-order valence-corrected chi connectivity index (χ4v) is 3.33. The number of anilines is 1. The second-order valence-corrected chi connectivity index (χ2v) is 6.75. The second-order valence-electron chi connectivity index (χ2n) is 6.75. The molecule has 6 heteroatoms. The van der Waals surface area contributed by atoms with Crippen molar-refractivity contribution in [3.8, 4) is 17.1 Å². The molecule has 0 bridgehead atoms. The van der Waals surface area contributed by atoms with Crippen molar-refractivity contribution in [3.05, 3.63) is 52.9 Å². The molecule has 0 unspecified atom stereocenters. The van der Waals surface area contributed by atoms with Gasteiger partial charge in [0.15, 0.2) is 0 Å². The maximum atomic E-state index is 12.6. The molecule has 3 aromatic rings. The van der Waals surface area contributed by atoms with Crippen molar-refractivity contribution in [1.82, 2.24) is 9.88 Å². The molecule has 1 aliphatic heterocycles. The Morgan fingerprint density at radius 3 is 2.70 bits per heavy atom. The van der Waals surface area contributed by atoms with Gasteiger partial charge >= 0.3 is 5.63 Å². The number of benzene rings is 1. The molecule has 1 aromatic carbocycles. The van der Waals surface area contributed by atoms with Crippen LogP contribution in [0.4, 0.5) is 5.69 Å². The van der Waals surface area contributed by atoms with Crippen LogP contribution in [0.15, 0.2) is 51.7 Å². The summed E-state index contributed by atoms with van der Waals surface area (Å²) in [4.78, 5) is 21.6. The second kappa shape index (κ2) is 7.40. The third-order valence-corrected chi connectivity index (χ3v) is 4.88. The van der Waals surface area contributed by atoms with E-state index in [4.69, 9.17) is 9.15 Å². The van der Waals surface area contributed by atoms with Gasteiger partial charge in [0.2, 0.25) is 5.88 Å². The quantitative estimate of drug-likeness (QED) is 0.663. The van der Waals surface area contributed by atoms with E-state index in [2.05, 4.69) is 27.9 Å². The zero-order chi connectivity index (χ0) is 18.8. The molecule has 140 valence electrons. The number of aromatic nitrogens is 1. The van der Waals surface area contributed by atoms with Gasteiger partial charge in [-0.1, -0.05) is 6.07 Å². The van der Waals surface area contributed by atoms with Crippen LogP contribution in [0.25, 0.3) is 22.2 Å². The van der Waals surface area contributed by atoms with E-state index < -0.39 is 0 Å². The first kappa shape index (κ1) is 17.5. The maximum Gasteiger partial charge on any atom is 0.345 e. The molecule has 0 spiro atoms. The predicted molar refractivity (Wildman–Crippen MR) is 107 cm³/mol. The summed E-state index contributed by atoms with van der Waals surface area (Å²) < 4.78 is 11.1. The van der Waals surface area contributed by atoms with Crippen molar-refractivity contribution >= 4 is 16.7 Å². The zero-order valence-corrected chi connectivity index (χ0v) is 15.6. The van der Waals surface area contributed by atoms with Crippen molar-refractivity contribution in [2.45, 2.75) is 6.92 Å². The van der Waals surface area contributed by atoms with E-state index >= 15 is 0 Å². The van der Waals surface area contributed by atoms with Crippen molar-refractivity contribution in [1.29, 1.82) is 0 Å². The lowest BCUT2D eigenvalue weighted by Crippen LogP contribution is -2.44. The predicted octanol–water partition coefficient (Wildman–Crippen LogP) is 3.01. The summed E-state index contributed by atoms with van der Waals surface area (Å²) in [6.45, 7) is 6.43. The zero-order valence-electron chi connectivity index (χ0n) is 15.6. The Balaban J connectivity index is 1.69. The number of hydrogen-bond acceptors (Lipinski definition) is 6. The van der Waals surface area contributed by atoms with Gasteiger partial charge in [-0.25, -0.2) is 9.78 Å². The summed E-state index contributed by atoms with van der Waals surface area (Å²) in [5.74, 6) is 0.500. The van der Waals surface area contributed by atoms with Gasteiger partial charge in [0, 0.05) is 49.4 Å². The first-order valence-electron chi connectivity index (χ1n) is 9.25. The number of likely N-dealkylation sites (N-methyl/N-ethyl adjacent to an activating group) is 1. The molecular weight excluding hydrogens is 342 g/mol. The third kappa shape index (κ3) is 3.66. The molecule has 0 aliphatic carbocycles. The highest BCUT2D eigenvalue weighted by Gasteiger charge is 2.16. The van der Waals surface area contributed by atoms with Gasteiger partial charge < -0.3 is 19.0 Å². The van der Waals surface area contributed by atoms with Gasteiger partial charge in [0.05, 0.1) is 17.9 Å². The van der Waals surface area contributed by atoms with Crippen LogP contribution in [0, 0.1) is 0 Å². The van der Waals surface area contributed by atoms with Crippen molar-refractivity contribution < 1.29 is 9.15 Å². The Morgan fingerprint density at radius 1 is 1.11 bits per heavy atom. The molecule has 0 N–H and O–H groups in total. The Morgan fingerprint density at radius 2 is 1.93 bits per heavy atom. The summed E-state index contributed by atoms with van der Waals surface area (Å²) in [6, 6.07) is 13.3. The van der Waals surface area contributed by atoms with Crippen molar-refractivity contribution in [3.63, 3.8) is 0 Å². The van der Waals surface area contributed by atoms with E-state index in [1.54, 1.807) is 12.1 Å². The Labute approximate surface area is 158 Å². The lowest BCUT2D eigenvalue weighted by Gasteiger charge is -2.34. The monoisotopic (exact) mass is 365 g/mol. The molecule has 0 radical (unpaired) electrons. The maximum absolute atomic E-state index is 12.6. The van der Waals surface area contributed by atoms with E-state index in [9.17, 15) is 4.79 Å². The minimum absolute atomic E-state index is 0.390. The average molecular weight is 365 g/mol. The molecule has 4 rings (SSSR count). The van der Waals surface area contributed by atoms with E-state index in [-0.39, 0.29) is 5.63 Å². The fourth-order valence-electron chi connectivity index (χ4n) is 3.33. The third-order valence-electron chi connectivity index (χ3n) is 4.88. The van der Waals surface area contributed by atoms with Crippen LogP contribution >= 0.6 is 0 Å². The van der Waals surface area contributed by atoms with Gasteiger partial charge in [-0.3, -0.25) is 0 Å². The average Bonchev–Trinajstić information content (AvgIpc) is 2.68. The van der Waals surface area contributed by atoms with Crippen LogP contribution in [0.1, 0.15) is 6.92 Å². The van der Waals surface area contributed by atoms with E-state index in [0.29, 0.717) is 29.3 Å². The minimum Gasteiger partial charge on any atom is -0.478 e. The number of rotatable bonds is 4. The topological polar surface area (TPSA) is 58.8 Å². The van der Waals surface area contributed by atoms with Gasteiger partial charge in [0.1, 0.15) is 5.58 Å². The van der Waals surface area contributed by atoms with Crippen molar-refractivity contribution in [2.75, 3.05) is 44.7 Å². The summed E-state index contributed by atoms with van der Waals surface area (Å²) >= 11 is 0. The van der Waals surface area contributed by atoms with Gasteiger partial charge in [0.25, 0.3) is 0 Å². The molecule has 0 atom stereocenters. The molecule has 2 aromatic heterocycles. The molecule has 27 heavy (non-hydrogen) atoms. The highest BCUT2D eigenvalue weighted by Crippen LogP contribution is 2.26. The van der Waals surface area contributed by atoms with Crippen LogP contribution < -0.4 is 15.3 Å². The number of hydrogen-bond donors (Lipinski definition) is 0. The SMILES string of the molecule is CCOc1cccc(-c2cc3ccc(N4CCN(C)CC4)cc3oc2=O)n1. The fraction of sp³-hybridized carbons (Fsp3) is 0.333. The first-order chi connectivity index (χ1) is 13.1. The summed E-state index contributed by atoms with van der Waals surface area (Å²) in [5, 5.41) is 0.881. The molecule has 0 amide bonds. The Bertz CT molecular complexity index is 1010. The highest BCUT2D eigenvalue weighted by molar-refractivity contribution is 5.84. The summed E-state index contributed by atoms with van der Waals surface area (Å²) in [7, 11) is 2.13. The molecule has 6 nitrogen and oxygen atoms in total. The Hall–Kier alpha value is -2.86. The molecular formula is C21H23N3O3. The number of fused-ring (bicyclic) bond motifs is 1. The van der Waals surface area contributed by atoms with Crippen LogP contribution in [-0.4, -0.2) is 49.7 Å². The number of nitrogens with zero attached hydrogens (tertiary/aromatic N) is 3. The van der Waals surface area contributed by atoms with E-state index in [0.717, 1.165) is 37.3 Å². The van der Waals surface area contributed by atoms with E-state index in [1.165, 1.54) is 0 Å². The molecule has 0 saturated carbocycles. The molecule has 3 heterocycles.